The molecule has 4 nitrogen and oxygen atoms in total. The van der Waals surface area contributed by atoms with E-state index >= 15 is 0 Å². The molecule has 0 atom stereocenters. The number of carbonyl (C=O) groups is 1. The van der Waals surface area contributed by atoms with Crippen LogP contribution in [-0.2, 0) is 6.61 Å². The Labute approximate surface area is 154 Å². The molecule has 2 N–H and O–H groups in total. The minimum absolute atomic E-state index is 0.0651. The lowest BCUT2D eigenvalue weighted by molar-refractivity contribution is 0.102. The Hall–Kier alpha value is -3.02. The number of thiophene rings is 1. The van der Waals surface area contributed by atoms with E-state index < -0.39 is 0 Å². The standard InChI is InChI=1S/C21H16N2O2S/c24-13-14-5-3-6-15(11-14)22-21(25)17-12-19(20-9-4-10-26-20)23-18-8-2-1-7-16(17)18/h1-12,24H,13H2,(H,22,25). The molecule has 0 aliphatic carbocycles. The second kappa shape index (κ2) is 7.07. The number of carbonyl (C=O) groups excluding carboxylic acids is 1. The molecule has 0 aliphatic heterocycles. The van der Waals surface area contributed by atoms with Crippen LogP contribution in [0.15, 0.2) is 72.1 Å². The van der Waals surface area contributed by atoms with Crippen LogP contribution in [0.25, 0.3) is 21.5 Å². The second-order valence-corrected chi connectivity index (χ2v) is 6.81. The van der Waals surface area contributed by atoms with Crippen molar-refractivity contribution in [3.63, 3.8) is 0 Å². The van der Waals surface area contributed by atoms with Crippen molar-refractivity contribution in [3.8, 4) is 10.6 Å². The SMILES string of the molecule is O=C(Nc1cccc(CO)c1)c1cc(-c2cccs2)nc2ccccc12. The number of nitrogens with one attached hydrogen (secondary N) is 1. The molecule has 0 saturated heterocycles. The van der Waals surface area contributed by atoms with E-state index in [1.807, 2.05) is 60.0 Å². The summed E-state index contributed by atoms with van der Waals surface area (Å²) in [4.78, 5) is 18.7. The van der Waals surface area contributed by atoms with E-state index in [0.29, 0.717) is 11.3 Å². The molecule has 2 heterocycles. The number of pyridine rings is 1. The van der Waals surface area contributed by atoms with Gasteiger partial charge in [0.1, 0.15) is 0 Å². The van der Waals surface area contributed by atoms with Gasteiger partial charge in [0, 0.05) is 11.1 Å². The molecule has 0 radical (unpaired) electrons. The summed E-state index contributed by atoms with van der Waals surface area (Å²) in [6.45, 7) is -0.0651. The molecular weight excluding hydrogens is 344 g/mol. The van der Waals surface area contributed by atoms with Crippen molar-refractivity contribution < 1.29 is 9.90 Å². The third-order valence-electron chi connectivity index (χ3n) is 4.10. The van der Waals surface area contributed by atoms with Crippen LogP contribution in [0.1, 0.15) is 15.9 Å². The molecular formula is C21H16N2O2S. The molecule has 5 heteroatoms. The van der Waals surface area contributed by atoms with Crippen LogP contribution in [0.3, 0.4) is 0 Å². The molecule has 0 aliphatic rings. The van der Waals surface area contributed by atoms with E-state index in [4.69, 9.17) is 4.98 Å². The first-order chi connectivity index (χ1) is 12.7. The van der Waals surface area contributed by atoms with Crippen molar-refractivity contribution in [3.05, 3.63) is 83.2 Å². The van der Waals surface area contributed by atoms with Gasteiger partial charge in [0.2, 0.25) is 0 Å². The van der Waals surface area contributed by atoms with Crippen LogP contribution in [-0.4, -0.2) is 16.0 Å². The molecule has 0 saturated carbocycles. The second-order valence-electron chi connectivity index (χ2n) is 5.86. The first-order valence-electron chi connectivity index (χ1n) is 8.19. The minimum Gasteiger partial charge on any atom is -0.392 e. The predicted molar refractivity (Wildman–Crippen MR) is 105 cm³/mol. The average Bonchev–Trinajstić information content (AvgIpc) is 3.22. The maximum Gasteiger partial charge on any atom is 0.256 e. The Morgan fingerprint density at radius 2 is 1.92 bits per heavy atom. The molecule has 2 aromatic carbocycles. The summed E-state index contributed by atoms with van der Waals surface area (Å²) < 4.78 is 0. The largest absolute Gasteiger partial charge is 0.392 e. The summed E-state index contributed by atoms with van der Waals surface area (Å²) in [6, 6.07) is 20.6. The smallest absolute Gasteiger partial charge is 0.256 e. The van der Waals surface area contributed by atoms with Crippen molar-refractivity contribution in [2.24, 2.45) is 0 Å². The summed E-state index contributed by atoms with van der Waals surface area (Å²) in [5, 5.41) is 15.0. The van der Waals surface area contributed by atoms with Gasteiger partial charge in [0.25, 0.3) is 5.91 Å². The third kappa shape index (κ3) is 3.22. The number of rotatable bonds is 4. The maximum atomic E-state index is 13.0. The number of hydrogen-bond donors (Lipinski definition) is 2. The zero-order valence-corrected chi connectivity index (χ0v) is 14.7. The summed E-state index contributed by atoms with van der Waals surface area (Å²) in [6.07, 6.45) is 0. The van der Waals surface area contributed by atoms with Gasteiger partial charge in [-0.15, -0.1) is 11.3 Å². The molecule has 26 heavy (non-hydrogen) atoms. The van der Waals surface area contributed by atoms with E-state index in [1.54, 1.807) is 23.5 Å². The highest BCUT2D eigenvalue weighted by Gasteiger charge is 2.14. The molecule has 128 valence electrons. The lowest BCUT2D eigenvalue weighted by Gasteiger charge is -2.10. The fraction of sp³-hybridized carbons (Fsp3) is 0.0476. The highest BCUT2D eigenvalue weighted by molar-refractivity contribution is 7.13. The molecule has 1 amide bonds. The molecule has 0 fully saturated rings. The first kappa shape index (κ1) is 16.4. The van der Waals surface area contributed by atoms with E-state index in [9.17, 15) is 9.90 Å². The molecule has 0 bridgehead atoms. The zero-order chi connectivity index (χ0) is 17.9. The van der Waals surface area contributed by atoms with Gasteiger partial charge in [-0.2, -0.15) is 0 Å². The fourth-order valence-corrected chi connectivity index (χ4v) is 3.55. The van der Waals surface area contributed by atoms with Gasteiger partial charge < -0.3 is 10.4 Å². The van der Waals surface area contributed by atoms with E-state index in [2.05, 4.69) is 5.32 Å². The topological polar surface area (TPSA) is 62.2 Å². The number of nitrogens with zero attached hydrogens (tertiary/aromatic N) is 1. The van der Waals surface area contributed by atoms with E-state index in [1.165, 1.54) is 0 Å². The van der Waals surface area contributed by atoms with Crippen LogP contribution in [0.2, 0.25) is 0 Å². The fourth-order valence-electron chi connectivity index (χ4n) is 2.86. The van der Waals surface area contributed by atoms with Gasteiger partial charge in [-0.05, 0) is 41.3 Å². The van der Waals surface area contributed by atoms with Crippen LogP contribution < -0.4 is 5.32 Å². The van der Waals surface area contributed by atoms with Crippen molar-refractivity contribution in [1.82, 2.24) is 4.98 Å². The number of aromatic nitrogens is 1. The Balaban J connectivity index is 1.77. The number of aliphatic hydroxyl groups excluding tert-OH is 1. The summed E-state index contributed by atoms with van der Waals surface area (Å²) >= 11 is 1.59. The zero-order valence-electron chi connectivity index (χ0n) is 13.8. The highest BCUT2D eigenvalue weighted by atomic mass is 32.1. The Morgan fingerprint density at radius 1 is 1.04 bits per heavy atom. The number of amides is 1. The van der Waals surface area contributed by atoms with Gasteiger partial charge in [0.05, 0.1) is 28.3 Å². The number of fused-ring (bicyclic) bond motifs is 1. The lowest BCUT2D eigenvalue weighted by atomic mass is 10.1. The Bertz CT molecular complexity index is 1070. The molecule has 0 unspecified atom stereocenters. The molecule has 0 spiro atoms. The van der Waals surface area contributed by atoms with Crippen LogP contribution in [0.4, 0.5) is 5.69 Å². The van der Waals surface area contributed by atoms with E-state index in [-0.39, 0.29) is 12.5 Å². The maximum absolute atomic E-state index is 13.0. The van der Waals surface area contributed by atoms with Crippen LogP contribution in [0.5, 0.6) is 0 Å². The monoisotopic (exact) mass is 360 g/mol. The van der Waals surface area contributed by atoms with Crippen molar-refractivity contribution in [2.45, 2.75) is 6.61 Å². The van der Waals surface area contributed by atoms with Gasteiger partial charge in [-0.25, -0.2) is 4.98 Å². The molecule has 2 aromatic heterocycles. The van der Waals surface area contributed by atoms with Crippen molar-refractivity contribution in [1.29, 1.82) is 0 Å². The first-order valence-corrected chi connectivity index (χ1v) is 9.07. The Kier molecular flexibility index (Phi) is 4.48. The number of anilines is 1. The molecule has 4 rings (SSSR count). The number of benzene rings is 2. The average molecular weight is 360 g/mol. The van der Waals surface area contributed by atoms with Crippen LogP contribution >= 0.6 is 11.3 Å². The summed E-state index contributed by atoms with van der Waals surface area (Å²) in [5.41, 5.74) is 3.55. The van der Waals surface area contributed by atoms with Gasteiger partial charge >= 0.3 is 0 Å². The van der Waals surface area contributed by atoms with Crippen molar-refractivity contribution in [2.75, 3.05) is 5.32 Å². The Morgan fingerprint density at radius 3 is 2.73 bits per heavy atom. The van der Waals surface area contributed by atoms with Crippen molar-refractivity contribution >= 4 is 33.8 Å². The van der Waals surface area contributed by atoms with Gasteiger partial charge in [-0.1, -0.05) is 36.4 Å². The predicted octanol–water partition coefficient (Wildman–Crippen LogP) is 4.71. The number of hydrogen-bond acceptors (Lipinski definition) is 4. The summed E-state index contributed by atoms with van der Waals surface area (Å²) in [7, 11) is 0. The highest BCUT2D eigenvalue weighted by Crippen LogP contribution is 2.28. The lowest BCUT2D eigenvalue weighted by Crippen LogP contribution is -2.13. The quantitative estimate of drug-likeness (QED) is 0.554. The summed E-state index contributed by atoms with van der Waals surface area (Å²) in [5.74, 6) is -0.198. The number of aliphatic hydroxyl groups is 1. The third-order valence-corrected chi connectivity index (χ3v) is 4.99. The van der Waals surface area contributed by atoms with E-state index in [0.717, 1.165) is 27.0 Å². The molecule has 4 aromatic rings. The minimum atomic E-state index is -0.198. The normalized spacial score (nSPS) is 10.8. The van der Waals surface area contributed by atoms with Gasteiger partial charge in [0.15, 0.2) is 0 Å². The number of para-hydroxylation sites is 1. The van der Waals surface area contributed by atoms with Crippen LogP contribution in [0, 0.1) is 0 Å². The van der Waals surface area contributed by atoms with Gasteiger partial charge in [-0.3, -0.25) is 4.79 Å².